The van der Waals surface area contributed by atoms with Crippen molar-refractivity contribution in [2.24, 2.45) is 11.7 Å². The third kappa shape index (κ3) is 4.23. The summed E-state index contributed by atoms with van der Waals surface area (Å²) in [4.78, 5) is 37.2. The Morgan fingerprint density at radius 2 is 2.46 bits per heavy atom. The fraction of sp³-hybridized carbons (Fsp3) is 0.600. The third-order valence-corrected chi connectivity index (χ3v) is 3.97. The topological polar surface area (TPSA) is 137 Å². The summed E-state index contributed by atoms with van der Waals surface area (Å²) in [5.74, 6) is -5.20. The number of halogens is 1. The standard InChI is InChI=1S/C15H20FN3O6S/c1-7(2)10(17)13(22)24-6-15(16)3-9(21)12(25-15)19-4-8(5-20)11(26)18-14(19)23/h4-5,7,9-10,12,21H,3,6,17H2,1-2H3,(H,18,23,26)/t9-,10+,12-,15+/m1/s1/i6D2,12D. The number of ether oxygens (including phenoxy) is 2. The van der Waals surface area contributed by atoms with Crippen molar-refractivity contribution in [3.8, 4) is 0 Å². The van der Waals surface area contributed by atoms with Crippen molar-refractivity contribution in [2.45, 2.75) is 44.5 Å². The van der Waals surface area contributed by atoms with Crippen LogP contribution >= 0.6 is 12.2 Å². The van der Waals surface area contributed by atoms with Crippen LogP contribution in [-0.4, -0.2) is 51.5 Å². The number of aliphatic hydroxyl groups excluding tert-OH is 1. The quantitative estimate of drug-likeness (QED) is 0.354. The molecule has 0 spiro atoms. The number of H-pyrrole nitrogens is 1. The van der Waals surface area contributed by atoms with Crippen LogP contribution in [0.4, 0.5) is 4.39 Å². The molecule has 0 aromatic carbocycles. The minimum atomic E-state index is -3.51. The Kier molecular flexibility index (Phi) is 4.84. The number of aldehydes is 1. The zero-order chi connectivity index (χ0) is 22.4. The summed E-state index contributed by atoms with van der Waals surface area (Å²) in [6.07, 6.45) is -5.10. The molecule has 0 unspecified atom stereocenters. The van der Waals surface area contributed by atoms with Gasteiger partial charge in [-0.3, -0.25) is 19.1 Å². The van der Waals surface area contributed by atoms with Gasteiger partial charge in [-0.1, -0.05) is 26.1 Å². The molecule has 4 N–H and O–H groups in total. The summed E-state index contributed by atoms with van der Waals surface area (Å²) in [5.41, 5.74) is 4.20. The maximum Gasteiger partial charge on any atom is 0.328 e. The van der Waals surface area contributed by atoms with Gasteiger partial charge in [0, 0.05) is 12.6 Å². The number of aromatic amines is 1. The van der Waals surface area contributed by atoms with E-state index < -0.39 is 54.8 Å². The normalized spacial score (nSPS) is 31.8. The van der Waals surface area contributed by atoms with Gasteiger partial charge in [-0.05, 0) is 5.92 Å². The molecule has 1 fully saturated rings. The van der Waals surface area contributed by atoms with E-state index in [1.807, 2.05) is 0 Å². The molecule has 0 saturated carbocycles. The zero-order valence-electron chi connectivity index (χ0n) is 16.9. The lowest BCUT2D eigenvalue weighted by molar-refractivity contribution is -0.196. The van der Waals surface area contributed by atoms with Crippen molar-refractivity contribution in [3.05, 3.63) is 26.9 Å². The van der Waals surface area contributed by atoms with E-state index in [1.165, 1.54) is 0 Å². The van der Waals surface area contributed by atoms with E-state index in [-0.39, 0.29) is 16.5 Å². The molecule has 2 heterocycles. The summed E-state index contributed by atoms with van der Waals surface area (Å²) in [7, 11) is 0. The van der Waals surface area contributed by atoms with E-state index in [0.717, 1.165) is 6.20 Å². The lowest BCUT2D eigenvalue weighted by Crippen LogP contribution is -2.40. The molecule has 0 amide bonds. The number of aromatic nitrogens is 2. The van der Waals surface area contributed by atoms with E-state index in [4.69, 9.17) is 26.8 Å². The monoisotopic (exact) mass is 392 g/mol. The number of carbonyl (C=O) groups is 2. The highest BCUT2D eigenvalue weighted by Crippen LogP contribution is 2.37. The minimum Gasteiger partial charge on any atom is -0.458 e. The SMILES string of the molecule is [2H]C([2H])(OC(=O)[C@@H](N)C(C)C)[C@]1(F)C[C@@H](O)[C@]([2H])(n2cc(C=O)c(=S)[nH]c2=O)O1. The molecule has 26 heavy (non-hydrogen) atoms. The first kappa shape index (κ1) is 16.2. The Labute approximate surface area is 157 Å². The van der Waals surface area contributed by atoms with Crippen LogP contribution in [0, 0.1) is 10.6 Å². The molecular formula is C15H20FN3O6S. The fourth-order valence-corrected chi connectivity index (χ4v) is 2.27. The third-order valence-electron chi connectivity index (χ3n) is 3.64. The molecule has 0 radical (unpaired) electrons. The molecule has 9 nitrogen and oxygen atoms in total. The smallest absolute Gasteiger partial charge is 0.328 e. The van der Waals surface area contributed by atoms with E-state index in [9.17, 15) is 19.5 Å². The van der Waals surface area contributed by atoms with Gasteiger partial charge in [0.1, 0.15) is 16.8 Å². The van der Waals surface area contributed by atoms with E-state index in [2.05, 4.69) is 9.72 Å². The van der Waals surface area contributed by atoms with Crippen molar-refractivity contribution in [1.82, 2.24) is 9.55 Å². The van der Waals surface area contributed by atoms with Gasteiger partial charge in [0.15, 0.2) is 19.0 Å². The number of esters is 1. The number of rotatable bonds is 6. The summed E-state index contributed by atoms with van der Waals surface area (Å²) >= 11 is 4.77. The number of nitrogens with zero attached hydrogens (tertiary/aromatic N) is 1. The summed E-state index contributed by atoms with van der Waals surface area (Å²) in [6, 6.07) is -1.26. The number of alkyl halides is 1. The first-order chi connectivity index (χ1) is 13.2. The molecule has 1 aliphatic heterocycles. The van der Waals surface area contributed by atoms with Crippen molar-refractivity contribution < 1.29 is 32.7 Å². The molecule has 11 heteroatoms. The predicted octanol–water partition coefficient (Wildman–Crippen LogP) is 0.190. The van der Waals surface area contributed by atoms with Crippen LogP contribution < -0.4 is 11.4 Å². The Balaban J connectivity index is 2.43. The van der Waals surface area contributed by atoms with Crippen LogP contribution in [0.25, 0.3) is 0 Å². The second kappa shape index (κ2) is 7.74. The fourth-order valence-electron chi connectivity index (χ4n) is 2.08. The highest BCUT2D eigenvalue weighted by molar-refractivity contribution is 7.71. The van der Waals surface area contributed by atoms with Crippen molar-refractivity contribution >= 4 is 24.5 Å². The molecule has 144 valence electrons. The van der Waals surface area contributed by atoms with Gasteiger partial charge in [-0.15, -0.1) is 0 Å². The average Bonchev–Trinajstić information content (AvgIpc) is 2.84. The Hall–Kier alpha value is -1.95. The Bertz CT molecular complexity index is 941. The van der Waals surface area contributed by atoms with Crippen molar-refractivity contribution in [2.75, 3.05) is 6.56 Å². The maximum atomic E-state index is 15.3. The van der Waals surface area contributed by atoms with Gasteiger partial charge in [-0.25, -0.2) is 9.18 Å². The zero-order valence-corrected chi connectivity index (χ0v) is 14.7. The molecule has 1 aromatic rings. The van der Waals surface area contributed by atoms with Crippen LogP contribution in [0.15, 0.2) is 11.0 Å². The van der Waals surface area contributed by atoms with Gasteiger partial charge in [0.05, 0.1) is 9.68 Å². The van der Waals surface area contributed by atoms with Gasteiger partial charge in [0.25, 0.3) is 0 Å². The number of carbonyl (C=O) groups excluding carboxylic acids is 2. The number of hydrogen-bond donors (Lipinski definition) is 3. The minimum absolute atomic E-state index is 0.254. The molecule has 0 aliphatic carbocycles. The first-order valence-electron chi connectivity index (χ1n) is 9.06. The van der Waals surface area contributed by atoms with Crippen LogP contribution in [0.5, 0.6) is 0 Å². The van der Waals surface area contributed by atoms with E-state index >= 15 is 4.39 Å². The van der Waals surface area contributed by atoms with Gasteiger partial charge in [0.2, 0.25) is 5.85 Å². The number of aliphatic hydroxyl groups is 1. The van der Waals surface area contributed by atoms with Crippen LogP contribution in [0.3, 0.4) is 0 Å². The lowest BCUT2D eigenvalue weighted by atomic mass is 10.1. The summed E-state index contributed by atoms with van der Waals surface area (Å²) < 4.78 is 48.6. The van der Waals surface area contributed by atoms with Crippen LogP contribution in [-0.2, 0) is 14.3 Å². The van der Waals surface area contributed by atoms with E-state index in [1.54, 1.807) is 13.8 Å². The van der Waals surface area contributed by atoms with Crippen LogP contribution in [0.1, 0.15) is 40.9 Å². The largest absolute Gasteiger partial charge is 0.458 e. The van der Waals surface area contributed by atoms with Crippen LogP contribution in [0.2, 0.25) is 0 Å². The van der Waals surface area contributed by atoms with Gasteiger partial charge >= 0.3 is 11.7 Å². The molecule has 4 atom stereocenters. The number of nitrogens with one attached hydrogen (secondary N) is 1. The summed E-state index contributed by atoms with van der Waals surface area (Å²) in [5, 5.41) is 10.2. The van der Waals surface area contributed by atoms with Gasteiger partial charge in [-0.2, -0.15) is 0 Å². The maximum absolute atomic E-state index is 15.3. The first-order valence-corrected chi connectivity index (χ1v) is 7.96. The molecule has 1 saturated heterocycles. The molecule has 1 aromatic heterocycles. The lowest BCUT2D eigenvalue weighted by Gasteiger charge is -2.22. The number of hydrogen-bond acceptors (Lipinski definition) is 8. The molecule has 1 aliphatic rings. The Morgan fingerprint density at radius 1 is 1.81 bits per heavy atom. The second-order valence-electron chi connectivity index (χ2n) is 6.01. The molecule has 2 rings (SSSR count). The second-order valence-corrected chi connectivity index (χ2v) is 6.42. The van der Waals surface area contributed by atoms with Crippen molar-refractivity contribution in [3.63, 3.8) is 0 Å². The molecule has 0 bridgehead atoms. The van der Waals surface area contributed by atoms with Gasteiger partial charge < -0.3 is 20.3 Å². The predicted molar refractivity (Wildman–Crippen MR) is 89.6 cm³/mol. The highest BCUT2D eigenvalue weighted by atomic mass is 32.1. The molecular weight excluding hydrogens is 369 g/mol. The summed E-state index contributed by atoms with van der Waals surface area (Å²) in [6.45, 7) is -0.333. The number of nitrogens with two attached hydrogens (primary N) is 1. The van der Waals surface area contributed by atoms with Crippen molar-refractivity contribution in [1.29, 1.82) is 0 Å². The average molecular weight is 392 g/mol. The highest BCUT2D eigenvalue weighted by Gasteiger charge is 2.49. The van der Waals surface area contributed by atoms with E-state index in [0.29, 0.717) is 4.57 Å². The Morgan fingerprint density at radius 3 is 3.04 bits per heavy atom.